The molecule has 0 atom stereocenters. The number of piperidine rings is 2. The lowest BCUT2D eigenvalue weighted by Gasteiger charge is -2.38. The molecular formula is C18H34N2O2. The first-order chi connectivity index (χ1) is 10.5. The number of amides is 1. The number of nitrogens with zero attached hydrogens (tertiary/aromatic N) is 2. The molecule has 2 saturated heterocycles. The van der Waals surface area contributed by atoms with E-state index in [1.165, 1.54) is 19.6 Å². The zero-order valence-corrected chi connectivity index (χ0v) is 14.9. The molecule has 4 nitrogen and oxygen atoms in total. The van der Waals surface area contributed by atoms with Crippen molar-refractivity contribution >= 4 is 5.91 Å². The van der Waals surface area contributed by atoms with Gasteiger partial charge in [-0.05, 0) is 31.6 Å². The van der Waals surface area contributed by atoms with E-state index in [2.05, 4.69) is 18.7 Å². The normalized spacial score (nSPS) is 22.7. The average molecular weight is 310 g/mol. The smallest absolute Gasteiger partial charge is 0.225 e. The van der Waals surface area contributed by atoms with Crippen LogP contribution in [-0.4, -0.2) is 60.6 Å². The lowest BCUT2D eigenvalue weighted by Crippen LogP contribution is -2.45. The Labute approximate surface area is 136 Å². The second-order valence-corrected chi connectivity index (χ2v) is 7.71. The highest BCUT2D eigenvalue weighted by Gasteiger charge is 2.28. The summed E-state index contributed by atoms with van der Waals surface area (Å²) in [7, 11) is 0. The zero-order chi connectivity index (χ0) is 16.1. The van der Waals surface area contributed by atoms with Crippen LogP contribution >= 0.6 is 0 Å². The fourth-order valence-electron chi connectivity index (χ4n) is 3.59. The molecule has 0 aliphatic carbocycles. The molecule has 0 saturated carbocycles. The van der Waals surface area contributed by atoms with Crippen molar-refractivity contribution in [1.29, 1.82) is 0 Å². The molecule has 2 heterocycles. The minimum absolute atomic E-state index is 0.114. The summed E-state index contributed by atoms with van der Waals surface area (Å²) in [4.78, 5) is 16.6. The molecule has 1 amide bonds. The average Bonchev–Trinajstić information content (AvgIpc) is 2.49. The van der Waals surface area contributed by atoms with E-state index in [0.717, 1.165) is 44.7 Å². The summed E-state index contributed by atoms with van der Waals surface area (Å²) < 4.78 is 6.31. The van der Waals surface area contributed by atoms with Crippen LogP contribution in [0.5, 0.6) is 0 Å². The van der Waals surface area contributed by atoms with Crippen molar-refractivity contribution in [3.05, 3.63) is 0 Å². The Morgan fingerprint density at radius 1 is 0.955 bits per heavy atom. The van der Waals surface area contributed by atoms with Crippen LogP contribution in [0.25, 0.3) is 0 Å². The number of hydrogen-bond acceptors (Lipinski definition) is 3. The standard InChI is InChI=1S/C18H34N2O2/c1-14(2)13-19-9-5-16(6-10-19)22-17-7-11-20(12-8-17)18(21)15(3)4/h14-17H,5-13H2,1-4H3. The fraction of sp³-hybridized carbons (Fsp3) is 0.944. The molecule has 2 fully saturated rings. The van der Waals surface area contributed by atoms with Gasteiger partial charge >= 0.3 is 0 Å². The molecule has 2 aliphatic heterocycles. The predicted molar refractivity (Wildman–Crippen MR) is 89.8 cm³/mol. The summed E-state index contributed by atoms with van der Waals surface area (Å²) in [5.74, 6) is 1.16. The minimum Gasteiger partial charge on any atom is -0.375 e. The van der Waals surface area contributed by atoms with Crippen LogP contribution in [0.2, 0.25) is 0 Å². The van der Waals surface area contributed by atoms with Gasteiger partial charge in [0.2, 0.25) is 5.91 Å². The molecule has 0 aromatic heterocycles. The molecule has 22 heavy (non-hydrogen) atoms. The summed E-state index contributed by atoms with van der Waals surface area (Å²) in [5, 5.41) is 0. The van der Waals surface area contributed by atoms with Gasteiger partial charge in [0.15, 0.2) is 0 Å². The number of likely N-dealkylation sites (tertiary alicyclic amines) is 2. The largest absolute Gasteiger partial charge is 0.375 e. The van der Waals surface area contributed by atoms with Gasteiger partial charge in [0, 0.05) is 38.6 Å². The molecule has 0 aromatic carbocycles. The van der Waals surface area contributed by atoms with Crippen LogP contribution in [0, 0.1) is 11.8 Å². The van der Waals surface area contributed by atoms with Gasteiger partial charge in [-0.2, -0.15) is 0 Å². The first-order valence-electron chi connectivity index (χ1n) is 9.12. The van der Waals surface area contributed by atoms with Crippen LogP contribution in [0.3, 0.4) is 0 Å². The van der Waals surface area contributed by atoms with Crippen LogP contribution < -0.4 is 0 Å². The first kappa shape index (κ1) is 17.7. The molecule has 2 rings (SSSR count). The van der Waals surface area contributed by atoms with Crippen LogP contribution in [-0.2, 0) is 9.53 Å². The molecule has 0 radical (unpaired) electrons. The number of rotatable bonds is 5. The lowest BCUT2D eigenvalue weighted by molar-refractivity contribution is -0.138. The number of hydrogen-bond donors (Lipinski definition) is 0. The van der Waals surface area contributed by atoms with Crippen molar-refractivity contribution in [3.63, 3.8) is 0 Å². The second kappa shape index (κ2) is 8.30. The summed E-state index contributed by atoms with van der Waals surface area (Å²) in [5.41, 5.74) is 0. The summed E-state index contributed by atoms with van der Waals surface area (Å²) in [6, 6.07) is 0. The van der Waals surface area contributed by atoms with Gasteiger partial charge in [-0.25, -0.2) is 0 Å². The van der Waals surface area contributed by atoms with Crippen molar-refractivity contribution in [1.82, 2.24) is 9.80 Å². The van der Waals surface area contributed by atoms with Gasteiger partial charge in [0.25, 0.3) is 0 Å². The van der Waals surface area contributed by atoms with E-state index in [4.69, 9.17) is 4.74 Å². The summed E-state index contributed by atoms with van der Waals surface area (Å²) in [6.07, 6.45) is 5.13. The van der Waals surface area contributed by atoms with E-state index in [9.17, 15) is 4.79 Å². The second-order valence-electron chi connectivity index (χ2n) is 7.71. The van der Waals surface area contributed by atoms with Crippen molar-refractivity contribution in [2.45, 2.75) is 65.6 Å². The Hall–Kier alpha value is -0.610. The van der Waals surface area contributed by atoms with Crippen LogP contribution in [0.4, 0.5) is 0 Å². The number of carbonyl (C=O) groups is 1. The number of carbonyl (C=O) groups excluding carboxylic acids is 1. The van der Waals surface area contributed by atoms with E-state index < -0.39 is 0 Å². The van der Waals surface area contributed by atoms with E-state index in [0.29, 0.717) is 18.1 Å². The van der Waals surface area contributed by atoms with Crippen molar-refractivity contribution in [3.8, 4) is 0 Å². The van der Waals surface area contributed by atoms with Gasteiger partial charge in [-0.3, -0.25) is 4.79 Å². The highest BCUT2D eigenvalue weighted by Crippen LogP contribution is 2.22. The maximum atomic E-state index is 12.0. The third-order valence-electron chi connectivity index (χ3n) is 4.79. The molecule has 0 aromatic rings. The van der Waals surface area contributed by atoms with Gasteiger partial charge in [-0.15, -0.1) is 0 Å². The topological polar surface area (TPSA) is 32.8 Å². The summed E-state index contributed by atoms with van der Waals surface area (Å²) >= 11 is 0. The van der Waals surface area contributed by atoms with Gasteiger partial charge in [-0.1, -0.05) is 27.7 Å². The Kier molecular flexibility index (Phi) is 6.69. The molecule has 0 unspecified atom stereocenters. The molecule has 2 aliphatic rings. The third kappa shape index (κ3) is 5.24. The zero-order valence-electron chi connectivity index (χ0n) is 14.9. The van der Waals surface area contributed by atoms with Crippen LogP contribution in [0.1, 0.15) is 53.4 Å². The molecular weight excluding hydrogens is 276 g/mol. The molecule has 4 heteroatoms. The van der Waals surface area contributed by atoms with Gasteiger partial charge in [0.1, 0.15) is 0 Å². The molecule has 0 bridgehead atoms. The van der Waals surface area contributed by atoms with Crippen molar-refractivity contribution in [2.75, 3.05) is 32.7 Å². The van der Waals surface area contributed by atoms with Crippen molar-refractivity contribution < 1.29 is 9.53 Å². The highest BCUT2D eigenvalue weighted by molar-refractivity contribution is 5.78. The Balaban J connectivity index is 1.66. The van der Waals surface area contributed by atoms with E-state index in [-0.39, 0.29) is 5.92 Å². The quantitative estimate of drug-likeness (QED) is 0.783. The lowest BCUT2D eigenvalue weighted by atomic mass is 10.0. The summed E-state index contributed by atoms with van der Waals surface area (Å²) in [6.45, 7) is 13.8. The van der Waals surface area contributed by atoms with Crippen LogP contribution in [0.15, 0.2) is 0 Å². The Morgan fingerprint density at radius 3 is 1.91 bits per heavy atom. The van der Waals surface area contributed by atoms with Crippen molar-refractivity contribution in [2.24, 2.45) is 11.8 Å². The van der Waals surface area contributed by atoms with Gasteiger partial charge < -0.3 is 14.5 Å². The monoisotopic (exact) mass is 310 g/mol. The SMILES string of the molecule is CC(C)CN1CCC(OC2CCN(C(=O)C(C)C)CC2)CC1. The fourth-order valence-corrected chi connectivity index (χ4v) is 3.59. The Bertz CT molecular complexity index is 341. The van der Waals surface area contributed by atoms with E-state index in [1.54, 1.807) is 0 Å². The molecule has 0 spiro atoms. The minimum atomic E-state index is 0.114. The first-order valence-corrected chi connectivity index (χ1v) is 9.12. The molecule has 128 valence electrons. The maximum Gasteiger partial charge on any atom is 0.225 e. The molecule has 0 N–H and O–H groups in total. The van der Waals surface area contributed by atoms with Gasteiger partial charge in [0.05, 0.1) is 12.2 Å². The third-order valence-corrected chi connectivity index (χ3v) is 4.79. The van der Waals surface area contributed by atoms with E-state index >= 15 is 0 Å². The highest BCUT2D eigenvalue weighted by atomic mass is 16.5. The Morgan fingerprint density at radius 2 is 1.45 bits per heavy atom. The number of ether oxygens (including phenoxy) is 1. The predicted octanol–water partition coefficient (Wildman–Crippen LogP) is 2.77. The van der Waals surface area contributed by atoms with E-state index in [1.807, 2.05) is 18.7 Å². The maximum absolute atomic E-state index is 12.0.